The molecule has 17 heavy (non-hydrogen) atoms. The van der Waals surface area contributed by atoms with Crippen molar-refractivity contribution in [3.05, 3.63) is 48.3 Å². The summed E-state index contributed by atoms with van der Waals surface area (Å²) in [6.45, 7) is 2.32. The number of benzene rings is 1. The largest absolute Gasteiger partial charge is 0.237 e. The monoisotopic (exact) mass is 224 g/mol. The minimum absolute atomic E-state index is 0.774. The zero-order valence-corrected chi connectivity index (χ0v) is 10.0. The standard InChI is InChI=1S/C15H16N2/c1-11-9-14(10-11)12-3-5-13(6-4-12)15-16-7-2-8-17-15/h2-8,11,14H,9-10H2,1H3. The first-order valence-electron chi connectivity index (χ1n) is 6.20. The van der Waals surface area contributed by atoms with Gasteiger partial charge in [0.05, 0.1) is 0 Å². The SMILES string of the molecule is CC1CC(c2ccc(-c3ncccn3)cc2)C1. The predicted molar refractivity (Wildman–Crippen MR) is 68.6 cm³/mol. The van der Waals surface area contributed by atoms with Crippen LogP contribution in [0, 0.1) is 5.92 Å². The van der Waals surface area contributed by atoms with E-state index in [1.54, 1.807) is 12.4 Å². The number of hydrogen-bond acceptors (Lipinski definition) is 2. The van der Waals surface area contributed by atoms with Crippen LogP contribution in [0.25, 0.3) is 11.4 Å². The van der Waals surface area contributed by atoms with E-state index < -0.39 is 0 Å². The molecule has 0 bridgehead atoms. The lowest BCUT2D eigenvalue weighted by Crippen LogP contribution is -2.18. The van der Waals surface area contributed by atoms with E-state index in [9.17, 15) is 0 Å². The van der Waals surface area contributed by atoms with Crippen molar-refractivity contribution in [3.8, 4) is 11.4 Å². The number of aromatic nitrogens is 2. The quantitative estimate of drug-likeness (QED) is 0.778. The van der Waals surface area contributed by atoms with Crippen molar-refractivity contribution >= 4 is 0 Å². The summed E-state index contributed by atoms with van der Waals surface area (Å²) in [6, 6.07) is 10.6. The molecule has 1 aromatic heterocycles. The van der Waals surface area contributed by atoms with Gasteiger partial charge in [0.25, 0.3) is 0 Å². The Morgan fingerprint density at radius 1 is 1.00 bits per heavy atom. The van der Waals surface area contributed by atoms with Crippen LogP contribution in [-0.4, -0.2) is 9.97 Å². The summed E-state index contributed by atoms with van der Waals surface area (Å²) in [4.78, 5) is 8.52. The topological polar surface area (TPSA) is 25.8 Å². The molecule has 1 aliphatic rings. The molecule has 0 amide bonds. The van der Waals surface area contributed by atoms with Gasteiger partial charge < -0.3 is 0 Å². The molecular formula is C15H16N2. The molecule has 0 saturated heterocycles. The van der Waals surface area contributed by atoms with Gasteiger partial charge in [-0.1, -0.05) is 31.2 Å². The Labute approximate surface area is 102 Å². The molecule has 0 radical (unpaired) electrons. The Hall–Kier alpha value is -1.70. The van der Waals surface area contributed by atoms with E-state index in [2.05, 4.69) is 41.2 Å². The summed E-state index contributed by atoms with van der Waals surface area (Å²) in [6.07, 6.45) is 6.23. The van der Waals surface area contributed by atoms with Crippen LogP contribution in [0.1, 0.15) is 31.2 Å². The fourth-order valence-electron chi connectivity index (χ4n) is 2.53. The fourth-order valence-corrected chi connectivity index (χ4v) is 2.53. The molecule has 1 aliphatic carbocycles. The second kappa shape index (κ2) is 4.28. The van der Waals surface area contributed by atoms with Crippen LogP contribution >= 0.6 is 0 Å². The van der Waals surface area contributed by atoms with Crippen LogP contribution in [0.5, 0.6) is 0 Å². The van der Waals surface area contributed by atoms with E-state index in [1.807, 2.05) is 6.07 Å². The molecule has 1 saturated carbocycles. The van der Waals surface area contributed by atoms with Gasteiger partial charge in [-0.25, -0.2) is 9.97 Å². The summed E-state index contributed by atoms with van der Waals surface area (Å²) in [5.74, 6) is 2.48. The van der Waals surface area contributed by atoms with Gasteiger partial charge in [-0.3, -0.25) is 0 Å². The molecule has 2 heteroatoms. The average Bonchev–Trinajstić information content (AvgIpc) is 2.36. The Balaban J connectivity index is 1.81. The maximum Gasteiger partial charge on any atom is 0.159 e. The molecule has 0 atom stereocenters. The van der Waals surface area contributed by atoms with Crippen LogP contribution in [-0.2, 0) is 0 Å². The molecule has 1 fully saturated rings. The Morgan fingerprint density at radius 3 is 2.24 bits per heavy atom. The first-order chi connectivity index (χ1) is 8.33. The minimum Gasteiger partial charge on any atom is -0.237 e. The van der Waals surface area contributed by atoms with E-state index in [0.29, 0.717) is 0 Å². The second-order valence-electron chi connectivity index (χ2n) is 4.97. The average molecular weight is 224 g/mol. The highest BCUT2D eigenvalue weighted by atomic mass is 14.8. The second-order valence-corrected chi connectivity index (χ2v) is 4.97. The lowest BCUT2D eigenvalue weighted by Gasteiger charge is -2.33. The summed E-state index contributed by atoms with van der Waals surface area (Å²) in [7, 11) is 0. The van der Waals surface area contributed by atoms with E-state index in [1.165, 1.54) is 18.4 Å². The molecular weight excluding hydrogens is 208 g/mol. The molecule has 0 aliphatic heterocycles. The Bertz CT molecular complexity index is 484. The summed E-state index contributed by atoms with van der Waals surface area (Å²) in [5.41, 5.74) is 2.56. The van der Waals surface area contributed by atoms with Crippen molar-refractivity contribution in [2.45, 2.75) is 25.7 Å². The molecule has 0 spiro atoms. The minimum atomic E-state index is 0.774. The van der Waals surface area contributed by atoms with Gasteiger partial charge in [0, 0.05) is 18.0 Å². The van der Waals surface area contributed by atoms with E-state index >= 15 is 0 Å². The maximum atomic E-state index is 4.26. The van der Waals surface area contributed by atoms with Crippen LogP contribution in [0.2, 0.25) is 0 Å². The lowest BCUT2D eigenvalue weighted by atomic mass is 9.72. The Morgan fingerprint density at radius 2 is 1.65 bits per heavy atom. The van der Waals surface area contributed by atoms with Crippen LogP contribution in [0.3, 0.4) is 0 Å². The third-order valence-corrected chi connectivity index (χ3v) is 3.58. The maximum absolute atomic E-state index is 4.26. The molecule has 3 rings (SSSR count). The highest BCUT2D eigenvalue weighted by molar-refractivity contribution is 5.55. The Kier molecular flexibility index (Phi) is 2.63. The summed E-state index contributed by atoms with van der Waals surface area (Å²) in [5, 5.41) is 0. The van der Waals surface area contributed by atoms with Gasteiger partial charge in [0.15, 0.2) is 5.82 Å². The highest BCUT2D eigenvalue weighted by Crippen LogP contribution is 2.41. The van der Waals surface area contributed by atoms with Crippen molar-refractivity contribution in [1.29, 1.82) is 0 Å². The normalized spacial score (nSPS) is 23.1. The van der Waals surface area contributed by atoms with Crippen molar-refractivity contribution in [2.75, 3.05) is 0 Å². The van der Waals surface area contributed by atoms with Gasteiger partial charge in [-0.2, -0.15) is 0 Å². The smallest absolute Gasteiger partial charge is 0.159 e. The first-order valence-corrected chi connectivity index (χ1v) is 6.20. The predicted octanol–water partition coefficient (Wildman–Crippen LogP) is 3.66. The molecule has 1 heterocycles. The number of hydrogen-bond donors (Lipinski definition) is 0. The summed E-state index contributed by atoms with van der Waals surface area (Å²) >= 11 is 0. The molecule has 0 unspecified atom stereocenters. The zero-order valence-electron chi connectivity index (χ0n) is 10.0. The van der Waals surface area contributed by atoms with Gasteiger partial charge in [-0.05, 0) is 36.3 Å². The first kappa shape index (κ1) is 10.5. The van der Waals surface area contributed by atoms with E-state index in [0.717, 1.165) is 23.2 Å². The van der Waals surface area contributed by atoms with Gasteiger partial charge in [0.1, 0.15) is 0 Å². The van der Waals surface area contributed by atoms with Gasteiger partial charge in [-0.15, -0.1) is 0 Å². The van der Waals surface area contributed by atoms with Crippen LogP contribution in [0.15, 0.2) is 42.7 Å². The van der Waals surface area contributed by atoms with Crippen LogP contribution < -0.4 is 0 Å². The highest BCUT2D eigenvalue weighted by Gasteiger charge is 2.26. The third kappa shape index (κ3) is 2.07. The lowest BCUT2D eigenvalue weighted by molar-refractivity contribution is 0.288. The number of rotatable bonds is 2. The molecule has 0 N–H and O–H groups in total. The van der Waals surface area contributed by atoms with Crippen molar-refractivity contribution in [2.24, 2.45) is 5.92 Å². The zero-order chi connectivity index (χ0) is 11.7. The summed E-state index contributed by atoms with van der Waals surface area (Å²) < 4.78 is 0. The molecule has 2 aromatic rings. The fraction of sp³-hybridized carbons (Fsp3) is 0.333. The molecule has 1 aromatic carbocycles. The third-order valence-electron chi connectivity index (χ3n) is 3.58. The van der Waals surface area contributed by atoms with Crippen molar-refractivity contribution < 1.29 is 0 Å². The molecule has 86 valence electrons. The van der Waals surface area contributed by atoms with E-state index in [-0.39, 0.29) is 0 Å². The van der Waals surface area contributed by atoms with Gasteiger partial charge >= 0.3 is 0 Å². The van der Waals surface area contributed by atoms with Crippen molar-refractivity contribution in [1.82, 2.24) is 9.97 Å². The molecule has 2 nitrogen and oxygen atoms in total. The van der Waals surface area contributed by atoms with Gasteiger partial charge in [0.2, 0.25) is 0 Å². The number of nitrogens with zero attached hydrogens (tertiary/aromatic N) is 2. The van der Waals surface area contributed by atoms with Crippen molar-refractivity contribution in [3.63, 3.8) is 0 Å². The van der Waals surface area contributed by atoms with Crippen LogP contribution in [0.4, 0.5) is 0 Å². The van der Waals surface area contributed by atoms with E-state index in [4.69, 9.17) is 0 Å².